The van der Waals surface area contributed by atoms with Crippen LogP contribution < -0.4 is 10.6 Å². The first kappa shape index (κ1) is 11.1. The van der Waals surface area contributed by atoms with E-state index in [9.17, 15) is 4.79 Å². The van der Waals surface area contributed by atoms with Crippen molar-refractivity contribution in [3.05, 3.63) is 24.5 Å². The Labute approximate surface area is 105 Å². The molecule has 93 valence electrons. The fraction of sp³-hybridized carbons (Fsp3) is 0.385. The molecule has 0 aromatic carbocycles. The van der Waals surface area contributed by atoms with Crippen molar-refractivity contribution in [2.24, 2.45) is 5.73 Å². The van der Waals surface area contributed by atoms with E-state index < -0.39 is 6.03 Å². The molecule has 2 aromatic rings. The molecule has 2 N–H and O–H groups in total. The lowest BCUT2D eigenvalue weighted by atomic mass is 10.1. The number of anilines is 1. The number of nitrogens with two attached hydrogens (primary N) is 1. The molecule has 5 heteroatoms. The standard InChI is InChI=1S/C13H15N4O/c14-13(18)17-7-4-10-8-11(9-15-12(10)17)16-5-2-1-3-6-16/h7-9H,1-3,5-6H2,(H2,14,18). The third-order valence-corrected chi connectivity index (χ3v) is 3.39. The van der Waals surface area contributed by atoms with Crippen LogP contribution in [0.5, 0.6) is 0 Å². The number of hydrogen-bond acceptors (Lipinski definition) is 3. The van der Waals surface area contributed by atoms with E-state index in [0.717, 1.165) is 24.2 Å². The highest BCUT2D eigenvalue weighted by Gasteiger charge is 2.13. The SMILES string of the molecule is NC(=O)n1c[c]c2cc(N3CCCCC3)cnc21. The van der Waals surface area contributed by atoms with Gasteiger partial charge in [-0.05, 0) is 25.3 Å². The van der Waals surface area contributed by atoms with E-state index in [1.807, 2.05) is 6.07 Å². The van der Waals surface area contributed by atoms with Crippen LogP contribution in [0.1, 0.15) is 19.3 Å². The first-order valence-corrected chi connectivity index (χ1v) is 6.19. The molecule has 0 unspecified atom stereocenters. The van der Waals surface area contributed by atoms with Crippen molar-refractivity contribution < 1.29 is 4.79 Å². The summed E-state index contributed by atoms with van der Waals surface area (Å²) in [4.78, 5) is 17.8. The highest BCUT2D eigenvalue weighted by atomic mass is 16.2. The predicted molar refractivity (Wildman–Crippen MR) is 69.6 cm³/mol. The summed E-state index contributed by atoms with van der Waals surface area (Å²) >= 11 is 0. The molecule has 0 bridgehead atoms. The molecule has 1 radical (unpaired) electrons. The third-order valence-electron chi connectivity index (χ3n) is 3.39. The molecule has 3 heterocycles. The Hall–Kier alpha value is -2.04. The molecule has 1 aliphatic rings. The Balaban J connectivity index is 1.98. The van der Waals surface area contributed by atoms with Crippen molar-refractivity contribution in [2.75, 3.05) is 18.0 Å². The van der Waals surface area contributed by atoms with Crippen molar-refractivity contribution in [1.82, 2.24) is 9.55 Å². The molecule has 1 saturated heterocycles. The third kappa shape index (κ3) is 1.81. The van der Waals surface area contributed by atoms with E-state index in [-0.39, 0.29) is 0 Å². The van der Waals surface area contributed by atoms with Crippen LogP contribution in [0.15, 0.2) is 18.5 Å². The van der Waals surface area contributed by atoms with Gasteiger partial charge in [-0.25, -0.2) is 9.78 Å². The number of hydrogen-bond donors (Lipinski definition) is 1. The van der Waals surface area contributed by atoms with Crippen molar-refractivity contribution in [3.63, 3.8) is 0 Å². The normalized spacial score (nSPS) is 16.1. The molecule has 1 amide bonds. The Kier molecular flexibility index (Phi) is 2.66. The highest BCUT2D eigenvalue weighted by molar-refractivity contribution is 5.89. The second kappa shape index (κ2) is 4.33. The summed E-state index contributed by atoms with van der Waals surface area (Å²) < 4.78 is 1.31. The quantitative estimate of drug-likeness (QED) is 0.830. The summed E-state index contributed by atoms with van der Waals surface area (Å²) in [5.41, 5.74) is 6.93. The van der Waals surface area contributed by atoms with Gasteiger partial charge in [0.05, 0.1) is 11.9 Å². The number of pyridine rings is 1. The molecule has 0 saturated carbocycles. The van der Waals surface area contributed by atoms with Gasteiger partial charge in [0, 0.05) is 30.7 Å². The summed E-state index contributed by atoms with van der Waals surface area (Å²) in [6.07, 6.45) is 7.10. The molecule has 1 aliphatic heterocycles. The van der Waals surface area contributed by atoms with Gasteiger partial charge in [0.15, 0.2) is 0 Å². The molecule has 5 nitrogen and oxygen atoms in total. The number of carbonyl (C=O) groups is 1. The van der Waals surface area contributed by atoms with E-state index in [2.05, 4.69) is 16.0 Å². The highest BCUT2D eigenvalue weighted by Crippen LogP contribution is 2.23. The fourth-order valence-electron chi connectivity index (χ4n) is 2.43. The molecule has 2 aromatic heterocycles. The lowest BCUT2D eigenvalue weighted by Gasteiger charge is -2.28. The number of nitrogens with zero attached hydrogens (tertiary/aromatic N) is 3. The fourth-order valence-corrected chi connectivity index (χ4v) is 2.43. The average Bonchev–Trinajstić information content (AvgIpc) is 2.82. The van der Waals surface area contributed by atoms with Crippen molar-refractivity contribution in [1.29, 1.82) is 0 Å². The maximum Gasteiger partial charge on any atom is 0.324 e. The number of fused-ring (bicyclic) bond motifs is 1. The van der Waals surface area contributed by atoms with Gasteiger partial charge in [-0.1, -0.05) is 0 Å². The zero-order valence-corrected chi connectivity index (χ0v) is 10.1. The lowest BCUT2D eigenvalue weighted by Crippen LogP contribution is -2.29. The van der Waals surface area contributed by atoms with Gasteiger partial charge in [-0.3, -0.25) is 4.57 Å². The van der Waals surface area contributed by atoms with E-state index in [0.29, 0.717) is 5.65 Å². The Morgan fingerprint density at radius 1 is 1.33 bits per heavy atom. The topological polar surface area (TPSA) is 64.2 Å². The van der Waals surface area contributed by atoms with Crippen molar-refractivity contribution in [2.45, 2.75) is 19.3 Å². The van der Waals surface area contributed by atoms with Gasteiger partial charge < -0.3 is 10.6 Å². The molecule has 0 spiro atoms. The minimum absolute atomic E-state index is 0.528. The van der Waals surface area contributed by atoms with Crippen LogP contribution in [0.4, 0.5) is 10.5 Å². The van der Waals surface area contributed by atoms with Crippen LogP contribution in [-0.2, 0) is 0 Å². The maximum atomic E-state index is 11.2. The Bertz CT molecular complexity index is 584. The summed E-state index contributed by atoms with van der Waals surface area (Å²) in [5, 5.41) is 0.830. The zero-order chi connectivity index (χ0) is 12.5. The van der Waals surface area contributed by atoms with E-state index >= 15 is 0 Å². The Morgan fingerprint density at radius 2 is 2.11 bits per heavy atom. The number of amides is 1. The molecule has 0 atom stereocenters. The summed E-state index contributed by atoms with van der Waals surface area (Å²) in [7, 11) is 0. The Morgan fingerprint density at radius 3 is 2.83 bits per heavy atom. The van der Waals surface area contributed by atoms with Gasteiger partial charge in [-0.15, -0.1) is 0 Å². The summed E-state index contributed by atoms with van der Waals surface area (Å²) in [6.45, 7) is 2.15. The van der Waals surface area contributed by atoms with Gasteiger partial charge >= 0.3 is 6.03 Å². The number of primary amides is 1. The minimum Gasteiger partial charge on any atom is -0.370 e. The van der Waals surface area contributed by atoms with Crippen LogP contribution in [0.2, 0.25) is 0 Å². The summed E-state index contributed by atoms with van der Waals surface area (Å²) in [6, 6.07) is 4.51. The van der Waals surface area contributed by atoms with Crippen molar-refractivity contribution >= 4 is 22.8 Å². The number of piperidine rings is 1. The smallest absolute Gasteiger partial charge is 0.324 e. The van der Waals surface area contributed by atoms with E-state index in [1.165, 1.54) is 23.8 Å². The van der Waals surface area contributed by atoms with E-state index in [4.69, 9.17) is 5.73 Å². The van der Waals surface area contributed by atoms with Crippen LogP contribution >= 0.6 is 0 Å². The van der Waals surface area contributed by atoms with Crippen LogP contribution in [0.3, 0.4) is 0 Å². The average molecular weight is 243 g/mol. The first-order chi connectivity index (χ1) is 8.75. The molecular weight excluding hydrogens is 228 g/mol. The van der Waals surface area contributed by atoms with Gasteiger partial charge in [0.1, 0.15) is 5.65 Å². The van der Waals surface area contributed by atoms with E-state index in [1.54, 1.807) is 12.4 Å². The van der Waals surface area contributed by atoms with Crippen LogP contribution in [0, 0.1) is 6.07 Å². The van der Waals surface area contributed by atoms with Gasteiger partial charge in [-0.2, -0.15) is 0 Å². The monoisotopic (exact) mass is 243 g/mol. The van der Waals surface area contributed by atoms with Crippen molar-refractivity contribution in [3.8, 4) is 0 Å². The second-order valence-electron chi connectivity index (χ2n) is 4.59. The predicted octanol–water partition coefficient (Wildman–Crippen LogP) is 1.75. The zero-order valence-electron chi connectivity index (χ0n) is 10.1. The van der Waals surface area contributed by atoms with Gasteiger partial charge in [0.2, 0.25) is 0 Å². The lowest BCUT2D eigenvalue weighted by molar-refractivity contribution is 0.251. The largest absolute Gasteiger partial charge is 0.370 e. The molecule has 0 aliphatic carbocycles. The number of carbonyl (C=O) groups excluding carboxylic acids is 1. The molecule has 1 fully saturated rings. The number of rotatable bonds is 1. The molecular formula is C13H15N4O. The van der Waals surface area contributed by atoms with Crippen LogP contribution in [0.25, 0.3) is 11.0 Å². The number of aromatic nitrogens is 2. The van der Waals surface area contributed by atoms with Gasteiger partial charge in [0.25, 0.3) is 0 Å². The first-order valence-electron chi connectivity index (χ1n) is 6.19. The molecule has 18 heavy (non-hydrogen) atoms. The second-order valence-corrected chi connectivity index (χ2v) is 4.59. The summed E-state index contributed by atoms with van der Waals surface area (Å²) in [5.74, 6) is 0. The minimum atomic E-state index is -0.528. The van der Waals surface area contributed by atoms with Crippen LogP contribution in [-0.4, -0.2) is 28.7 Å². The molecule has 3 rings (SSSR count). The maximum absolute atomic E-state index is 11.2.